The highest BCUT2D eigenvalue weighted by Crippen LogP contribution is 2.41. The van der Waals surface area contributed by atoms with Crippen LogP contribution in [0.1, 0.15) is 16.2 Å². The van der Waals surface area contributed by atoms with E-state index >= 15 is 0 Å². The van der Waals surface area contributed by atoms with E-state index < -0.39 is 23.1 Å². The first-order chi connectivity index (χ1) is 15.8. The molecule has 0 saturated carbocycles. The van der Waals surface area contributed by atoms with Gasteiger partial charge in [0.2, 0.25) is 11.2 Å². The number of ether oxygens (including phenoxy) is 2. The van der Waals surface area contributed by atoms with Gasteiger partial charge in [-0.25, -0.2) is 0 Å². The molecule has 0 unspecified atom stereocenters. The summed E-state index contributed by atoms with van der Waals surface area (Å²) in [5, 5.41) is 1.94. The standard InChI is InChI=1S/C23H15BrF3NO4S/c24-16-5-1-2-6-18(16)31-21-19(29)14-7-8-17-15(20(14)32-22(21)23(25,26)27)11-28(12-30-17)10-13-4-3-9-33-13/h1-9H,10-12H2. The number of para-hydroxylation sites is 1. The van der Waals surface area contributed by atoms with Gasteiger partial charge in [0, 0.05) is 18.0 Å². The number of rotatable bonds is 4. The number of thiophene rings is 1. The fraction of sp³-hybridized carbons (Fsp3) is 0.174. The van der Waals surface area contributed by atoms with Crippen molar-refractivity contribution in [3.05, 3.63) is 84.8 Å². The van der Waals surface area contributed by atoms with Gasteiger partial charge in [-0.3, -0.25) is 9.69 Å². The fourth-order valence-corrected chi connectivity index (χ4v) is 4.75. The minimum Gasteiger partial charge on any atom is -0.478 e. The summed E-state index contributed by atoms with van der Waals surface area (Å²) in [6.45, 7) is 1.11. The molecule has 4 aromatic rings. The van der Waals surface area contributed by atoms with Crippen LogP contribution in [0.5, 0.6) is 17.2 Å². The second kappa shape index (κ2) is 8.51. The summed E-state index contributed by atoms with van der Waals surface area (Å²) < 4.78 is 58.8. The summed E-state index contributed by atoms with van der Waals surface area (Å²) in [7, 11) is 0. The third kappa shape index (κ3) is 4.25. The average Bonchev–Trinajstić information content (AvgIpc) is 3.29. The Morgan fingerprint density at radius 2 is 1.94 bits per heavy atom. The van der Waals surface area contributed by atoms with E-state index in [0.717, 1.165) is 4.88 Å². The molecule has 0 radical (unpaired) electrons. The lowest BCUT2D eigenvalue weighted by molar-refractivity contribution is -0.154. The molecule has 10 heteroatoms. The van der Waals surface area contributed by atoms with Crippen molar-refractivity contribution in [1.82, 2.24) is 4.90 Å². The van der Waals surface area contributed by atoms with Gasteiger partial charge in [0.15, 0.2) is 0 Å². The molecule has 33 heavy (non-hydrogen) atoms. The smallest absolute Gasteiger partial charge is 0.453 e. The minimum atomic E-state index is -4.95. The maximum absolute atomic E-state index is 14.0. The van der Waals surface area contributed by atoms with Gasteiger partial charge in [-0.05, 0) is 51.6 Å². The van der Waals surface area contributed by atoms with Gasteiger partial charge in [-0.15, -0.1) is 11.3 Å². The van der Waals surface area contributed by atoms with E-state index in [1.807, 2.05) is 22.4 Å². The molecule has 0 spiro atoms. The lowest BCUT2D eigenvalue weighted by Gasteiger charge is -2.29. The van der Waals surface area contributed by atoms with Crippen molar-refractivity contribution >= 4 is 38.2 Å². The van der Waals surface area contributed by atoms with Crippen molar-refractivity contribution in [3.8, 4) is 17.2 Å². The third-order valence-electron chi connectivity index (χ3n) is 5.13. The Morgan fingerprint density at radius 1 is 1.12 bits per heavy atom. The summed E-state index contributed by atoms with van der Waals surface area (Å²) >= 11 is 4.80. The second-order valence-corrected chi connectivity index (χ2v) is 9.27. The molecule has 0 fully saturated rings. The zero-order valence-corrected chi connectivity index (χ0v) is 19.2. The number of alkyl halides is 3. The van der Waals surface area contributed by atoms with Crippen molar-refractivity contribution < 1.29 is 27.1 Å². The van der Waals surface area contributed by atoms with Crippen LogP contribution in [0.3, 0.4) is 0 Å². The summed E-state index contributed by atoms with van der Waals surface area (Å²) in [5.74, 6) is -1.94. The molecular formula is C23H15BrF3NO4S. The van der Waals surface area contributed by atoms with E-state index in [1.54, 1.807) is 35.6 Å². The highest BCUT2D eigenvalue weighted by Gasteiger charge is 2.41. The first-order valence-electron chi connectivity index (χ1n) is 9.81. The molecule has 0 bridgehead atoms. The van der Waals surface area contributed by atoms with Gasteiger partial charge in [-0.1, -0.05) is 18.2 Å². The molecule has 0 atom stereocenters. The molecule has 5 rings (SSSR count). The van der Waals surface area contributed by atoms with E-state index in [-0.39, 0.29) is 30.0 Å². The summed E-state index contributed by atoms with van der Waals surface area (Å²) in [4.78, 5) is 16.2. The predicted octanol–water partition coefficient (Wildman–Crippen LogP) is 6.78. The number of nitrogens with zero attached hydrogens (tertiary/aromatic N) is 1. The van der Waals surface area contributed by atoms with Crippen LogP contribution in [0.15, 0.2) is 67.6 Å². The van der Waals surface area contributed by atoms with Gasteiger partial charge in [-0.2, -0.15) is 13.2 Å². The van der Waals surface area contributed by atoms with Gasteiger partial charge in [0.1, 0.15) is 23.8 Å². The first-order valence-corrected chi connectivity index (χ1v) is 11.5. The Bertz CT molecular complexity index is 1390. The van der Waals surface area contributed by atoms with Crippen molar-refractivity contribution in [3.63, 3.8) is 0 Å². The van der Waals surface area contributed by atoms with E-state index in [0.29, 0.717) is 22.3 Å². The molecule has 2 aromatic carbocycles. The molecule has 5 nitrogen and oxygen atoms in total. The van der Waals surface area contributed by atoms with Crippen LogP contribution in [0.2, 0.25) is 0 Å². The van der Waals surface area contributed by atoms with Crippen LogP contribution in [0.4, 0.5) is 13.2 Å². The predicted molar refractivity (Wildman–Crippen MR) is 121 cm³/mol. The number of hydrogen-bond acceptors (Lipinski definition) is 6. The molecule has 2 aromatic heterocycles. The van der Waals surface area contributed by atoms with E-state index in [2.05, 4.69) is 15.9 Å². The highest BCUT2D eigenvalue weighted by molar-refractivity contribution is 9.10. The second-order valence-electron chi connectivity index (χ2n) is 7.38. The molecule has 1 aliphatic heterocycles. The summed E-state index contributed by atoms with van der Waals surface area (Å²) in [6.07, 6.45) is -4.95. The van der Waals surface area contributed by atoms with Crippen molar-refractivity contribution in [2.24, 2.45) is 0 Å². The van der Waals surface area contributed by atoms with Gasteiger partial charge < -0.3 is 13.9 Å². The number of hydrogen-bond donors (Lipinski definition) is 0. The molecule has 1 aliphatic rings. The largest absolute Gasteiger partial charge is 0.478 e. The molecule has 3 heterocycles. The highest BCUT2D eigenvalue weighted by atomic mass is 79.9. The Morgan fingerprint density at radius 3 is 2.67 bits per heavy atom. The van der Waals surface area contributed by atoms with Crippen molar-refractivity contribution in [2.45, 2.75) is 19.3 Å². The van der Waals surface area contributed by atoms with E-state index in [4.69, 9.17) is 13.9 Å². The van der Waals surface area contributed by atoms with Crippen LogP contribution >= 0.6 is 27.3 Å². The summed E-state index contributed by atoms with van der Waals surface area (Å²) in [5.41, 5.74) is -0.664. The maximum atomic E-state index is 14.0. The molecule has 0 N–H and O–H groups in total. The maximum Gasteiger partial charge on any atom is 0.453 e. The monoisotopic (exact) mass is 537 g/mol. The van der Waals surface area contributed by atoms with Crippen LogP contribution < -0.4 is 14.9 Å². The SMILES string of the molecule is O=c1c(Oc2ccccc2Br)c(C(F)(F)F)oc2c3c(ccc12)OCN(Cc1cccs1)C3. The summed E-state index contributed by atoms with van der Waals surface area (Å²) in [6, 6.07) is 13.2. The third-order valence-corrected chi connectivity index (χ3v) is 6.65. The normalized spacial score (nSPS) is 14.2. The lowest BCUT2D eigenvalue weighted by Crippen LogP contribution is -2.31. The Hall–Kier alpha value is -2.82. The Balaban J connectivity index is 1.63. The van der Waals surface area contributed by atoms with Gasteiger partial charge >= 0.3 is 6.18 Å². The number of fused-ring (bicyclic) bond motifs is 3. The average molecular weight is 538 g/mol. The molecule has 170 valence electrons. The molecule has 0 amide bonds. The van der Waals surface area contributed by atoms with Crippen molar-refractivity contribution in [2.75, 3.05) is 6.73 Å². The van der Waals surface area contributed by atoms with E-state index in [9.17, 15) is 18.0 Å². The Labute approximate surface area is 198 Å². The van der Waals surface area contributed by atoms with Crippen LogP contribution in [0.25, 0.3) is 11.0 Å². The zero-order valence-electron chi connectivity index (χ0n) is 16.8. The van der Waals surface area contributed by atoms with Crippen LogP contribution in [-0.4, -0.2) is 11.6 Å². The van der Waals surface area contributed by atoms with Crippen LogP contribution in [0, 0.1) is 0 Å². The zero-order chi connectivity index (χ0) is 23.2. The molecular weight excluding hydrogens is 523 g/mol. The molecule has 0 aliphatic carbocycles. The number of benzene rings is 2. The number of halogens is 4. The minimum absolute atomic E-state index is 0.00891. The van der Waals surface area contributed by atoms with Gasteiger partial charge in [0.05, 0.1) is 15.4 Å². The Kier molecular flexibility index (Phi) is 5.67. The topological polar surface area (TPSA) is 51.9 Å². The lowest BCUT2D eigenvalue weighted by atomic mass is 10.1. The molecule has 0 saturated heterocycles. The first kappa shape index (κ1) is 22.0. The van der Waals surface area contributed by atoms with Crippen LogP contribution in [-0.2, 0) is 19.3 Å². The van der Waals surface area contributed by atoms with Crippen molar-refractivity contribution in [1.29, 1.82) is 0 Å². The quantitative estimate of drug-likeness (QED) is 0.287. The van der Waals surface area contributed by atoms with E-state index in [1.165, 1.54) is 12.1 Å². The van der Waals surface area contributed by atoms with Gasteiger partial charge in [0.25, 0.3) is 5.76 Å². The fourth-order valence-electron chi connectivity index (χ4n) is 3.64.